The highest BCUT2D eigenvalue weighted by atomic mass is 35.5. The fourth-order valence-corrected chi connectivity index (χ4v) is 2.20. The van der Waals surface area contributed by atoms with Crippen molar-refractivity contribution in [2.24, 2.45) is 0 Å². The monoisotopic (exact) mass is 324 g/mol. The number of esters is 1. The van der Waals surface area contributed by atoms with Crippen molar-refractivity contribution in [1.82, 2.24) is 10.3 Å². The molecule has 0 aromatic carbocycles. The van der Waals surface area contributed by atoms with Crippen LogP contribution in [0, 0.1) is 0 Å². The van der Waals surface area contributed by atoms with Crippen molar-refractivity contribution in [2.75, 3.05) is 19.8 Å². The van der Waals surface area contributed by atoms with Crippen molar-refractivity contribution < 1.29 is 19.1 Å². The number of Topliss-reactive ketones (excluding diaryl/α,β-unsaturated/α-hetero) is 1. The van der Waals surface area contributed by atoms with Gasteiger partial charge in [-0.2, -0.15) is 0 Å². The van der Waals surface area contributed by atoms with Crippen LogP contribution in [0.15, 0.2) is 30.1 Å². The molecule has 1 aromatic rings. The highest BCUT2D eigenvalue weighted by molar-refractivity contribution is 6.35. The van der Waals surface area contributed by atoms with Gasteiger partial charge in [0.2, 0.25) is 5.78 Å². The van der Waals surface area contributed by atoms with Gasteiger partial charge in [0, 0.05) is 19.0 Å². The number of rotatable bonds is 6. The van der Waals surface area contributed by atoms with Crippen LogP contribution in [0.4, 0.5) is 0 Å². The minimum atomic E-state index is -0.696. The lowest BCUT2D eigenvalue weighted by molar-refractivity contribution is -0.138. The smallest absolute Gasteiger partial charge is 0.343 e. The Balaban J connectivity index is 2.23. The maximum atomic E-state index is 12.5. The van der Waals surface area contributed by atoms with Crippen LogP contribution >= 0.6 is 11.6 Å². The molecule has 1 aliphatic rings. The van der Waals surface area contributed by atoms with Crippen LogP contribution in [-0.4, -0.2) is 42.6 Å². The van der Waals surface area contributed by atoms with Gasteiger partial charge >= 0.3 is 5.97 Å². The molecule has 2 heterocycles. The summed E-state index contributed by atoms with van der Waals surface area (Å²) in [7, 11) is 0. The average Bonchev–Trinajstić information content (AvgIpc) is 3.01. The molecule has 118 valence electrons. The summed E-state index contributed by atoms with van der Waals surface area (Å²) in [4.78, 5) is 28.4. The van der Waals surface area contributed by atoms with E-state index in [1.54, 1.807) is 13.0 Å². The predicted molar refractivity (Wildman–Crippen MR) is 80.7 cm³/mol. The molecule has 1 N–H and O–H groups in total. The molecule has 22 heavy (non-hydrogen) atoms. The molecule has 0 bridgehead atoms. The number of aromatic nitrogens is 1. The molecule has 0 amide bonds. The number of carbonyl (C=O) groups is 2. The largest absolute Gasteiger partial charge is 0.462 e. The second kappa shape index (κ2) is 7.91. The second-order valence-corrected chi connectivity index (χ2v) is 5.03. The van der Waals surface area contributed by atoms with Crippen LogP contribution in [0.1, 0.15) is 23.7 Å². The lowest BCUT2D eigenvalue weighted by atomic mass is 10.1. The Labute approximate surface area is 133 Å². The SMILES string of the molecule is CCOC(=O)/C(=C/N[C@@H]1CCOC1)C(=O)c1cccnc1Cl. The van der Waals surface area contributed by atoms with E-state index in [9.17, 15) is 9.59 Å². The molecule has 0 unspecified atom stereocenters. The summed E-state index contributed by atoms with van der Waals surface area (Å²) in [5.41, 5.74) is 0.0524. The summed E-state index contributed by atoms with van der Waals surface area (Å²) < 4.78 is 10.2. The maximum absolute atomic E-state index is 12.5. The van der Waals surface area contributed by atoms with Gasteiger partial charge in [-0.25, -0.2) is 9.78 Å². The van der Waals surface area contributed by atoms with Crippen LogP contribution < -0.4 is 5.32 Å². The lowest BCUT2D eigenvalue weighted by Gasteiger charge is -2.11. The van der Waals surface area contributed by atoms with Gasteiger partial charge in [0.05, 0.1) is 24.8 Å². The molecule has 0 radical (unpaired) electrons. The molecular formula is C15H17ClN2O4. The Morgan fingerprint density at radius 3 is 3.05 bits per heavy atom. The normalized spacial score (nSPS) is 18.1. The van der Waals surface area contributed by atoms with E-state index in [1.807, 2.05) is 0 Å². The average molecular weight is 325 g/mol. The van der Waals surface area contributed by atoms with Crippen LogP contribution in [-0.2, 0) is 14.3 Å². The molecule has 2 rings (SSSR count). The van der Waals surface area contributed by atoms with E-state index < -0.39 is 11.8 Å². The number of carbonyl (C=O) groups excluding carboxylic acids is 2. The molecule has 1 fully saturated rings. The fourth-order valence-electron chi connectivity index (χ4n) is 1.99. The van der Waals surface area contributed by atoms with E-state index in [1.165, 1.54) is 18.5 Å². The minimum Gasteiger partial charge on any atom is -0.462 e. The Morgan fingerprint density at radius 1 is 1.59 bits per heavy atom. The van der Waals surface area contributed by atoms with E-state index >= 15 is 0 Å². The number of ketones is 1. The van der Waals surface area contributed by atoms with Crippen molar-refractivity contribution in [3.8, 4) is 0 Å². The Bertz CT molecular complexity index is 583. The van der Waals surface area contributed by atoms with E-state index in [-0.39, 0.29) is 28.9 Å². The third kappa shape index (κ3) is 4.05. The summed E-state index contributed by atoms with van der Waals surface area (Å²) >= 11 is 5.92. The summed E-state index contributed by atoms with van der Waals surface area (Å²) in [5, 5.41) is 3.07. The topological polar surface area (TPSA) is 77.5 Å². The first-order chi connectivity index (χ1) is 10.6. The Hall–Kier alpha value is -1.92. The van der Waals surface area contributed by atoms with E-state index in [2.05, 4.69) is 10.3 Å². The number of nitrogens with one attached hydrogen (secondary N) is 1. The summed E-state index contributed by atoms with van der Waals surface area (Å²) in [6.07, 6.45) is 3.67. The molecule has 0 saturated carbocycles. The van der Waals surface area contributed by atoms with Crippen molar-refractivity contribution in [1.29, 1.82) is 0 Å². The molecule has 1 saturated heterocycles. The molecule has 6 nitrogen and oxygen atoms in total. The van der Waals surface area contributed by atoms with Gasteiger partial charge in [-0.05, 0) is 25.5 Å². The highest BCUT2D eigenvalue weighted by Gasteiger charge is 2.24. The summed E-state index contributed by atoms with van der Waals surface area (Å²) in [6.45, 7) is 3.04. The van der Waals surface area contributed by atoms with E-state index in [4.69, 9.17) is 21.1 Å². The molecule has 1 atom stereocenters. The molecule has 0 spiro atoms. The number of hydrogen-bond donors (Lipinski definition) is 1. The lowest BCUT2D eigenvalue weighted by Crippen LogP contribution is -2.27. The molecule has 0 aliphatic carbocycles. The van der Waals surface area contributed by atoms with Gasteiger partial charge in [-0.3, -0.25) is 4.79 Å². The van der Waals surface area contributed by atoms with Gasteiger partial charge in [0.1, 0.15) is 10.7 Å². The standard InChI is InChI=1S/C15H17ClN2O4/c1-2-22-15(20)12(8-18-10-5-7-21-9-10)13(19)11-4-3-6-17-14(11)16/h3-4,6,8,10,18H,2,5,7,9H2,1H3/b12-8+/t10-/m1/s1. The van der Waals surface area contributed by atoms with Crippen molar-refractivity contribution in [2.45, 2.75) is 19.4 Å². The van der Waals surface area contributed by atoms with Crippen molar-refractivity contribution in [3.05, 3.63) is 40.8 Å². The Morgan fingerprint density at radius 2 is 2.41 bits per heavy atom. The number of halogens is 1. The number of pyridine rings is 1. The second-order valence-electron chi connectivity index (χ2n) is 4.68. The summed E-state index contributed by atoms with van der Waals surface area (Å²) in [5.74, 6) is -1.22. The zero-order valence-electron chi connectivity index (χ0n) is 12.2. The van der Waals surface area contributed by atoms with E-state index in [0.717, 1.165) is 6.42 Å². The van der Waals surface area contributed by atoms with Gasteiger partial charge in [0.15, 0.2) is 0 Å². The van der Waals surface area contributed by atoms with Crippen LogP contribution in [0.2, 0.25) is 5.15 Å². The Kier molecular flexibility index (Phi) is 5.91. The van der Waals surface area contributed by atoms with Gasteiger partial charge in [-0.1, -0.05) is 11.6 Å². The van der Waals surface area contributed by atoms with Crippen LogP contribution in [0.25, 0.3) is 0 Å². The van der Waals surface area contributed by atoms with E-state index in [0.29, 0.717) is 13.2 Å². The maximum Gasteiger partial charge on any atom is 0.343 e. The minimum absolute atomic E-state index is 0.0481. The van der Waals surface area contributed by atoms with Crippen molar-refractivity contribution in [3.63, 3.8) is 0 Å². The van der Waals surface area contributed by atoms with Gasteiger partial charge in [-0.15, -0.1) is 0 Å². The molecule has 1 aromatic heterocycles. The first kappa shape index (κ1) is 16.5. The van der Waals surface area contributed by atoms with Gasteiger partial charge < -0.3 is 14.8 Å². The quantitative estimate of drug-likeness (QED) is 0.214. The summed E-state index contributed by atoms with van der Waals surface area (Å²) in [6, 6.07) is 3.17. The molecule has 7 heteroatoms. The fraction of sp³-hybridized carbons (Fsp3) is 0.400. The van der Waals surface area contributed by atoms with Gasteiger partial charge in [0.25, 0.3) is 0 Å². The zero-order valence-corrected chi connectivity index (χ0v) is 12.9. The zero-order chi connectivity index (χ0) is 15.9. The third-order valence-electron chi connectivity index (χ3n) is 3.14. The third-order valence-corrected chi connectivity index (χ3v) is 3.44. The molecule has 1 aliphatic heterocycles. The number of hydrogen-bond acceptors (Lipinski definition) is 6. The molecular weight excluding hydrogens is 308 g/mol. The highest BCUT2D eigenvalue weighted by Crippen LogP contribution is 2.17. The first-order valence-electron chi connectivity index (χ1n) is 6.99. The number of nitrogens with zero attached hydrogens (tertiary/aromatic N) is 1. The van der Waals surface area contributed by atoms with Crippen LogP contribution in [0.5, 0.6) is 0 Å². The first-order valence-corrected chi connectivity index (χ1v) is 7.37. The van der Waals surface area contributed by atoms with Crippen LogP contribution in [0.3, 0.4) is 0 Å². The predicted octanol–water partition coefficient (Wildman–Crippen LogP) is 1.74. The van der Waals surface area contributed by atoms with Crippen molar-refractivity contribution >= 4 is 23.4 Å². The number of ether oxygens (including phenoxy) is 2.